The highest BCUT2D eigenvalue weighted by Gasteiger charge is 2.79. The molecule has 94 valence electrons. The van der Waals surface area contributed by atoms with Crippen LogP contribution in [0.25, 0.3) is 0 Å². The summed E-state index contributed by atoms with van der Waals surface area (Å²) in [6.45, 7) is 0. The van der Waals surface area contributed by atoms with E-state index in [2.05, 4.69) is 0 Å². The van der Waals surface area contributed by atoms with E-state index in [9.17, 15) is 35.1 Å². The van der Waals surface area contributed by atoms with Crippen molar-refractivity contribution >= 4 is 45.2 Å². The summed E-state index contributed by atoms with van der Waals surface area (Å²) in [7, 11) is 0. The van der Waals surface area contributed by atoms with Crippen LogP contribution in [-0.4, -0.2) is 19.7 Å². The predicted molar refractivity (Wildman–Crippen MR) is 50.3 cm³/mol. The van der Waals surface area contributed by atoms with E-state index < -0.39 is 19.7 Å². The SMILES string of the molecule is F.FC(F)(I)C(F)(F)C(F)(F)C(F)(F)I. The van der Waals surface area contributed by atoms with Gasteiger partial charge in [-0.25, -0.2) is 0 Å². The summed E-state index contributed by atoms with van der Waals surface area (Å²) in [6.07, 6.45) is 0. The maximum Gasteiger partial charge on any atom is 0.388 e. The Morgan fingerprint density at radius 2 is 0.667 bits per heavy atom. The molecule has 0 N–H and O–H groups in total. The van der Waals surface area contributed by atoms with Crippen LogP contribution in [0.4, 0.5) is 39.8 Å². The molecule has 0 fully saturated rings. The van der Waals surface area contributed by atoms with Crippen LogP contribution >= 0.6 is 45.2 Å². The highest BCUT2D eigenvalue weighted by Crippen LogP contribution is 2.56. The average Bonchev–Trinajstić information content (AvgIpc) is 1.81. The molecule has 0 nitrogen and oxygen atoms in total. The van der Waals surface area contributed by atoms with Crippen LogP contribution in [0.3, 0.4) is 0 Å². The second-order valence-electron chi connectivity index (χ2n) is 2.14. The number of rotatable bonds is 3. The van der Waals surface area contributed by atoms with Crippen LogP contribution in [0.2, 0.25) is 0 Å². The van der Waals surface area contributed by atoms with Crippen molar-refractivity contribution in [1.29, 1.82) is 0 Å². The molecule has 0 spiro atoms. The molecule has 11 heteroatoms. The van der Waals surface area contributed by atoms with Crippen molar-refractivity contribution < 1.29 is 39.8 Å². The summed E-state index contributed by atoms with van der Waals surface area (Å²) < 4.78 is 86.1. The van der Waals surface area contributed by atoms with Gasteiger partial charge in [0.25, 0.3) is 0 Å². The minimum Gasteiger partial charge on any atom is -0.269 e. The minimum atomic E-state index is -6.12. The largest absolute Gasteiger partial charge is 0.388 e. The Morgan fingerprint density at radius 1 is 0.533 bits per heavy atom. The Morgan fingerprint density at radius 3 is 0.733 bits per heavy atom. The first-order chi connectivity index (χ1) is 5.75. The van der Waals surface area contributed by atoms with Crippen molar-refractivity contribution in [3.05, 3.63) is 0 Å². The van der Waals surface area contributed by atoms with Gasteiger partial charge in [-0.2, -0.15) is 35.1 Å². The van der Waals surface area contributed by atoms with E-state index in [1.54, 1.807) is 0 Å². The average molecular weight is 474 g/mol. The fourth-order valence-electron chi connectivity index (χ4n) is 0.356. The molecule has 0 aromatic rings. The number of hydrogen-bond donors (Lipinski definition) is 0. The molecule has 0 bridgehead atoms. The molecule has 15 heavy (non-hydrogen) atoms. The van der Waals surface area contributed by atoms with Gasteiger partial charge in [0.2, 0.25) is 0 Å². The van der Waals surface area contributed by atoms with Gasteiger partial charge < -0.3 is 0 Å². The van der Waals surface area contributed by atoms with Crippen LogP contribution in [0.5, 0.6) is 0 Å². The summed E-state index contributed by atoms with van der Waals surface area (Å²) >= 11 is -0.631. The molecule has 0 aromatic carbocycles. The first-order valence-corrected chi connectivity index (χ1v) is 4.80. The molecular formula is C4HF9I2. The van der Waals surface area contributed by atoms with Gasteiger partial charge >= 0.3 is 19.7 Å². The van der Waals surface area contributed by atoms with Gasteiger partial charge in [0.05, 0.1) is 0 Å². The fourth-order valence-corrected chi connectivity index (χ4v) is 1.03. The van der Waals surface area contributed by atoms with E-state index in [-0.39, 0.29) is 49.9 Å². The summed E-state index contributed by atoms with van der Waals surface area (Å²) in [6, 6.07) is 0. The molecule has 0 heterocycles. The van der Waals surface area contributed by atoms with Crippen molar-refractivity contribution in [2.75, 3.05) is 0 Å². The van der Waals surface area contributed by atoms with Crippen molar-refractivity contribution in [3.63, 3.8) is 0 Å². The normalized spacial score (nSPS) is 14.8. The molecule has 0 rings (SSSR count). The first-order valence-electron chi connectivity index (χ1n) is 2.64. The van der Waals surface area contributed by atoms with Crippen molar-refractivity contribution in [1.82, 2.24) is 0 Å². The summed E-state index contributed by atoms with van der Waals surface area (Å²) in [5.41, 5.74) is 0. The lowest BCUT2D eigenvalue weighted by Crippen LogP contribution is -2.58. The zero-order valence-electron chi connectivity index (χ0n) is 6.19. The lowest BCUT2D eigenvalue weighted by atomic mass is 10.2. The maximum atomic E-state index is 12.2. The molecule has 0 aromatic heterocycles. The topological polar surface area (TPSA) is 0 Å². The Kier molecular flexibility index (Phi) is 5.58. The van der Waals surface area contributed by atoms with Gasteiger partial charge in [-0.1, -0.05) is 0 Å². The van der Waals surface area contributed by atoms with Gasteiger partial charge in [0, 0.05) is 45.2 Å². The summed E-state index contributed by atoms with van der Waals surface area (Å²) in [4.78, 5) is 0. The van der Waals surface area contributed by atoms with Gasteiger partial charge in [-0.15, -0.1) is 0 Å². The van der Waals surface area contributed by atoms with Gasteiger partial charge in [0.1, 0.15) is 0 Å². The molecule has 0 radical (unpaired) electrons. The molecule has 0 saturated heterocycles. The van der Waals surface area contributed by atoms with E-state index in [0.29, 0.717) is 0 Å². The number of alkyl halides is 10. The number of hydrogen-bond acceptors (Lipinski definition) is 0. The summed E-state index contributed by atoms with van der Waals surface area (Å²) in [5.74, 6) is -12.2. The molecule has 0 atom stereocenters. The van der Waals surface area contributed by atoms with Crippen molar-refractivity contribution in [2.45, 2.75) is 19.7 Å². The van der Waals surface area contributed by atoms with E-state index in [0.717, 1.165) is 0 Å². The quantitative estimate of drug-likeness (QED) is 0.322. The summed E-state index contributed by atoms with van der Waals surface area (Å²) in [5, 5.41) is 0. The van der Waals surface area contributed by atoms with Crippen LogP contribution in [0.15, 0.2) is 0 Å². The smallest absolute Gasteiger partial charge is 0.269 e. The van der Waals surface area contributed by atoms with Crippen molar-refractivity contribution in [3.8, 4) is 0 Å². The third-order valence-corrected chi connectivity index (χ3v) is 2.46. The lowest BCUT2D eigenvalue weighted by molar-refractivity contribution is -0.312. The molecule has 0 aliphatic heterocycles. The molecule has 0 aliphatic rings. The van der Waals surface area contributed by atoms with Crippen LogP contribution < -0.4 is 0 Å². The molecule has 0 amide bonds. The van der Waals surface area contributed by atoms with Crippen molar-refractivity contribution in [2.24, 2.45) is 0 Å². The van der Waals surface area contributed by atoms with Gasteiger partial charge in [-0.3, -0.25) is 4.70 Å². The van der Waals surface area contributed by atoms with Crippen LogP contribution in [-0.2, 0) is 0 Å². The zero-order valence-corrected chi connectivity index (χ0v) is 10.5. The second-order valence-corrected chi connectivity index (χ2v) is 4.85. The Hall–Kier alpha value is 0.830. The lowest BCUT2D eigenvalue weighted by Gasteiger charge is -2.31. The van der Waals surface area contributed by atoms with E-state index in [1.807, 2.05) is 0 Å². The van der Waals surface area contributed by atoms with Crippen LogP contribution in [0, 0.1) is 0 Å². The molecule has 0 unspecified atom stereocenters. The Balaban J connectivity index is 0. The van der Waals surface area contributed by atoms with Crippen LogP contribution in [0.1, 0.15) is 0 Å². The van der Waals surface area contributed by atoms with Gasteiger partial charge in [-0.05, 0) is 0 Å². The molecule has 0 aliphatic carbocycles. The predicted octanol–water partition coefficient (Wildman–Crippen LogP) is 4.47. The monoisotopic (exact) mass is 474 g/mol. The third kappa shape index (κ3) is 3.15. The third-order valence-electron chi connectivity index (χ3n) is 1.11. The van der Waals surface area contributed by atoms with Gasteiger partial charge in [0.15, 0.2) is 0 Å². The van der Waals surface area contributed by atoms with E-state index in [1.165, 1.54) is 0 Å². The first kappa shape index (κ1) is 18.2. The molecular weight excluding hydrogens is 473 g/mol. The Labute approximate surface area is 104 Å². The number of halogens is 11. The standard InChI is InChI=1S/C4F8I2.FH/c5-1(6,3(9,10)13)2(7,8)4(11,12)14;/h;1H. The fraction of sp³-hybridized carbons (Fsp3) is 1.00. The minimum absolute atomic E-state index is 0. The van der Waals surface area contributed by atoms with E-state index in [4.69, 9.17) is 0 Å². The highest BCUT2D eigenvalue weighted by molar-refractivity contribution is 14.1. The Bertz CT molecular complexity index is 189. The van der Waals surface area contributed by atoms with E-state index >= 15 is 0 Å². The highest BCUT2D eigenvalue weighted by atomic mass is 127. The second kappa shape index (κ2) is 4.60. The molecule has 0 saturated carbocycles. The zero-order chi connectivity index (χ0) is 12.0. The maximum absolute atomic E-state index is 12.2.